The van der Waals surface area contributed by atoms with Gasteiger partial charge in [-0.1, -0.05) is 12.1 Å². The molecule has 0 bridgehead atoms. The van der Waals surface area contributed by atoms with Crippen molar-refractivity contribution in [1.82, 2.24) is 4.90 Å². The van der Waals surface area contributed by atoms with E-state index < -0.39 is 17.7 Å². The Morgan fingerprint density at radius 3 is 2.41 bits per heavy atom. The average molecular weight is 305 g/mol. The molecule has 2 rings (SSSR count). The maximum atomic E-state index is 12.2. The second-order valence-electron chi connectivity index (χ2n) is 4.99. The molecule has 6 nitrogen and oxygen atoms in total. The van der Waals surface area contributed by atoms with Gasteiger partial charge in [-0.3, -0.25) is 9.59 Å². The van der Waals surface area contributed by atoms with Crippen molar-refractivity contribution in [3.63, 3.8) is 0 Å². The van der Waals surface area contributed by atoms with E-state index in [1.54, 1.807) is 31.4 Å². The Kier molecular flexibility index (Phi) is 4.82. The third-order valence-electron chi connectivity index (χ3n) is 3.65. The highest BCUT2D eigenvalue weighted by molar-refractivity contribution is 6.08. The molecule has 1 aliphatic heterocycles. The van der Waals surface area contributed by atoms with Crippen molar-refractivity contribution in [3.05, 3.63) is 41.2 Å². The zero-order valence-electron chi connectivity index (χ0n) is 12.8. The lowest BCUT2D eigenvalue weighted by atomic mass is 9.97. The van der Waals surface area contributed by atoms with Crippen molar-refractivity contribution in [3.8, 4) is 5.75 Å². The Labute approximate surface area is 128 Å². The summed E-state index contributed by atoms with van der Waals surface area (Å²) in [7, 11) is 3.09. The molecule has 0 aromatic heterocycles. The van der Waals surface area contributed by atoms with E-state index in [0.717, 1.165) is 5.56 Å². The topological polar surface area (TPSA) is 76.1 Å². The maximum absolute atomic E-state index is 12.2. The number of carbonyl (C=O) groups excluding carboxylic acids is 2. The van der Waals surface area contributed by atoms with E-state index in [4.69, 9.17) is 9.47 Å². The predicted molar refractivity (Wildman–Crippen MR) is 79.7 cm³/mol. The number of benzene rings is 1. The molecule has 0 radical (unpaired) electrons. The molecule has 1 amide bonds. The van der Waals surface area contributed by atoms with Crippen LogP contribution in [0.25, 0.3) is 0 Å². The summed E-state index contributed by atoms with van der Waals surface area (Å²) in [6.07, 6.45) is 0. The fraction of sp³-hybridized carbons (Fsp3) is 0.375. The summed E-state index contributed by atoms with van der Waals surface area (Å²) in [5, 5.41) is 10.0. The van der Waals surface area contributed by atoms with E-state index in [-0.39, 0.29) is 17.9 Å². The zero-order valence-corrected chi connectivity index (χ0v) is 12.8. The molecular weight excluding hydrogens is 286 g/mol. The first-order valence-corrected chi connectivity index (χ1v) is 6.89. The molecule has 1 heterocycles. The van der Waals surface area contributed by atoms with Gasteiger partial charge < -0.3 is 19.5 Å². The summed E-state index contributed by atoms with van der Waals surface area (Å²) in [6, 6.07) is 6.45. The van der Waals surface area contributed by atoms with Crippen LogP contribution in [-0.2, 0) is 14.3 Å². The molecule has 0 fully saturated rings. The van der Waals surface area contributed by atoms with Crippen LogP contribution in [0, 0.1) is 0 Å². The predicted octanol–water partition coefficient (Wildman–Crippen LogP) is 1.63. The number of methoxy groups -OCH3 is 2. The number of hydrogen-bond acceptors (Lipinski definition) is 5. The monoisotopic (exact) mass is 305 g/mol. The van der Waals surface area contributed by atoms with Gasteiger partial charge in [0, 0.05) is 13.7 Å². The van der Waals surface area contributed by atoms with Gasteiger partial charge in [-0.2, -0.15) is 0 Å². The van der Waals surface area contributed by atoms with E-state index in [9.17, 15) is 14.7 Å². The summed E-state index contributed by atoms with van der Waals surface area (Å²) >= 11 is 0. The maximum Gasteiger partial charge on any atom is 0.290 e. The molecule has 1 N–H and O–H groups in total. The first-order chi connectivity index (χ1) is 10.5. The smallest absolute Gasteiger partial charge is 0.290 e. The minimum atomic E-state index is -0.606. The number of amides is 1. The Morgan fingerprint density at radius 2 is 1.91 bits per heavy atom. The number of ether oxygens (including phenoxy) is 2. The third kappa shape index (κ3) is 2.82. The Morgan fingerprint density at radius 1 is 1.27 bits per heavy atom. The molecule has 0 aliphatic carbocycles. The lowest BCUT2D eigenvalue weighted by Gasteiger charge is -2.26. The first kappa shape index (κ1) is 16.0. The lowest BCUT2D eigenvalue weighted by molar-refractivity contribution is -0.130. The second-order valence-corrected chi connectivity index (χ2v) is 4.99. The lowest BCUT2D eigenvalue weighted by Crippen LogP contribution is -2.33. The SMILES string of the molecule is COCCN1C(=O)C(O)=C(C(C)=O)C1c1ccc(OC)cc1. The van der Waals surface area contributed by atoms with Crippen LogP contribution in [-0.4, -0.2) is 49.1 Å². The van der Waals surface area contributed by atoms with Gasteiger partial charge in [-0.15, -0.1) is 0 Å². The Balaban J connectivity index is 2.43. The Hall–Kier alpha value is -2.34. The van der Waals surface area contributed by atoms with Crippen LogP contribution >= 0.6 is 0 Å². The fourth-order valence-corrected chi connectivity index (χ4v) is 2.57. The summed E-state index contributed by atoms with van der Waals surface area (Å²) in [6.45, 7) is 1.94. The van der Waals surface area contributed by atoms with E-state index in [2.05, 4.69) is 0 Å². The van der Waals surface area contributed by atoms with E-state index >= 15 is 0 Å². The number of nitrogens with zero attached hydrogens (tertiary/aromatic N) is 1. The Bertz CT molecular complexity index is 605. The number of rotatable bonds is 6. The second kappa shape index (κ2) is 6.62. The number of hydrogen-bond donors (Lipinski definition) is 1. The van der Waals surface area contributed by atoms with Gasteiger partial charge in [-0.05, 0) is 24.6 Å². The van der Waals surface area contributed by atoms with Gasteiger partial charge in [0.25, 0.3) is 5.91 Å². The van der Waals surface area contributed by atoms with Gasteiger partial charge >= 0.3 is 0 Å². The normalized spacial score (nSPS) is 18.0. The molecule has 1 unspecified atom stereocenters. The van der Waals surface area contributed by atoms with Crippen LogP contribution in [0.5, 0.6) is 5.75 Å². The molecule has 1 aromatic rings. The summed E-state index contributed by atoms with van der Waals surface area (Å²) in [5.74, 6) is -0.687. The van der Waals surface area contributed by atoms with Gasteiger partial charge in [0.2, 0.25) is 0 Å². The number of ketones is 1. The van der Waals surface area contributed by atoms with E-state index in [1.807, 2.05) is 0 Å². The number of Topliss-reactive ketones (excluding diaryl/α,β-unsaturated/α-hetero) is 1. The molecule has 1 atom stereocenters. The summed E-state index contributed by atoms with van der Waals surface area (Å²) in [4.78, 5) is 25.5. The van der Waals surface area contributed by atoms with Crippen molar-refractivity contribution in [2.75, 3.05) is 27.4 Å². The van der Waals surface area contributed by atoms with E-state index in [0.29, 0.717) is 12.4 Å². The van der Waals surface area contributed by atoms with Crippen LogP contribution in [0.4, 0.5) is 0 Å². The van der Waals surface area contributed by atoms with Crippen molar-refractivity contribution in [2.45, 2.75) is 13.0 Å². The minimum absolute atomic E-state index is 0.117. The van der Waals surface area contributed by atoms with Gasteiger partial charge in [0.15, 0.2) is 11.5 Å². The molecule has 6 heteroatoms. The van der Waals surface area contributed by atoms with Crippen LogP contribution < -0.4 is 4.74 Å². The quantitative estimate of drug-likeness (QED) is 0.864. The third-order valence-corrected chi connectivity index (χ3v) is 3.65. The molecule has 1 aromatic carbocycles. The highest BCUT2D eigenvalue weighted by Crippen LogP contribution is 2.37. The van der Waals surface area contributed by atoms with Crippen LogP contribution in [0.3, 0.4) is 0 Å². The standard InChI is InChI=1S/C16H19NO5/c1-10(18)13-14(11-4-6-12(22-3)7-5-11)17(8-9-21-2)16(20)15(13)19/h4-7,14,19H,8-9H2,1-3H3. The molecule has 118 valence electrons. The van der Waals surface area contributed by atoms with Crippen molar-refractivity contribution in [1.29, 1.82) is 0 Å². The van der Waals surface area contributed by atoms with Crippen molar-refractivity contribution >= 4 is 11.7 Å². The van der Waals surface area contributed by atoms with Crippen LogP contribution in [0.15, 0.2) is 35.6 Å². The first-order valence-electron chi connectivity index (χ1n) is 6.89. The average Bonchev–Trinajstić information content (AvgIpc) is 2.77. The summed E-state index contributed by atoms with van der Waals surface area (Å²) in [5.41, 5.74) is 0.853. The van der Waals surface area contributed by atoms with Crippen molar-refractivity contribution < 1.29 is 24.2 Å². The molecule has 22 heavy (non-hydrogen) atoms. The van der Waals surface area contributed by atoms with Gasteiger partial charge in [0.05, 0.1) is 25.3 Å². The van der Waals surface area contributed by atoms with Crippen LogP contribution in [0.1, 0.15) is 18.5 Å². The number of aliphatic hydroxyl groups is 1. The van der Waals surface area contributed by atoms with Crippen molar-refractivity contribution in [2.24, 2.45) is 0 Å². The fourth-order valence-electron chi connectivity index (χ4n) is 2.57. The highest BCUT2D eigenvalue weighted by Gasteiger charge is 2.41. The van der Waals surface area contributed by atoms with Crippen LogP contribution in [0.2, 0.25) is 0 Å². The highest BCUT2D eigenvalue weighted by atomic mass is 16.5. The molecule has 0 saturated heterocycles. The molecule has 0 saturated carbocycles. The number of aliphatic hydroxyl groups excluding tert-OH is 1. The molecule has 1 aliphatic rings. The van der Waals surface area contributed by atoms with Gasteiger partial charge in [0.1, 0.15) is 5.75 Å². The molecule has 0 spiro atoms. The van der Waals surface area contributed by atoms with E-state index in [1.165, 1.54) is 18.9 Å². The minimum Gasteiger partial charge on any atom is -0.503 e. The molecular formula is C16H19NO5. The van der Waals surface area contributed by atoms with Gasteiger partial charge in [-0.25, -0.2) is 0 Å². The zero-order chi connectivity index (χ0) is 16.3. The largest absolute Gasteiger partial charge is 0.503 e. The summed E-state index contributed by atoms with van der Waals surface area (Å²) < 4.78 is 10.1. The number of carbonyl (C=O) groups is 2.